The minimum Gasteiger partial charge on any atom is -0.392 e. The third kappa shape index (κ3) is 5.35. The molecule has 0 spiro atoms. The molecule has 1 aliphatic rings. The van der Waals surface area contributed by atoms with Gasteiger partial charge in [0.25, 0.3) is 0 Å². The van der Waals surface area contributed by atoms with Crippen molar-refractivity contribution in [1.29, 1.82) is 0 Å². The summed E-state index contributed by atoms with van der Waals surface area (Å²) in [5.74, 6) is 0.801. The zero-order valence-corrected chi connectivity index (χ0v) is 17.1. The number of aliphatic hydroxyl groups is 1. The van der Waals surface area contributed by atoms with E-state index in [-0.39, 0.29) is 11.5 Å². The molecule has 2 atom stereocenters. The summed E-state index contributed by atoms with van der Waals surface area (Å²) >= 11 is 0. The fraction of sp³-hybridized carbons (Fsp3) is 0.545. The highest BCUT2D eigenvalue weighted by Crippen LogP contribution is 2.35. The van der Waals surface area contributed by atoms with Crippen LogP contribution in [0.1, 0.15) is 50.7 Å². The second-order valence-corrected chi connectivity index (χ2v) is 7.94. The largest absolute Gasteiger partial charge is 0.392 e. The molecule has 1 saturated carbocycles. The maximum Gasteiger partial charge on any atom is 0.191 e. The maximum atomic E-state index is 10.4. The Bertz CT molecular complexity index is 758. The number of aromatic nitrogens is 2. The first kappa shape index (κ1) is 20.4. The van der Waals surface area contributed by atoms with Crippen molar-refractivity contribution < 1.29 is 5.11 Å². The van der Waals surface area contributed by atoms with E-state index in [9.17, 15) is 5.11 Å². The molecule has 0 amide bonds. The molecule has 1 heterocycles. The van der Waals surface area contributed by atoms with Gasteiger partial charge in [0.15, 0.2) is 5.96 Å². The van der Waals surface area contributed by atoms with Gasteiger partial charge < -0.3 is 15.7 Å². The van der Waals surface area contributed by atoms with Crippen LogP contribution in [0, 0.1) is 5.41 Å². The molecule has 0 radical (unpaired) electrons. The number of guanidine groups is 1. The lowest BCUT2D eigenvalue weighted by Gasteiger charge is -2.38. The Kier molecular flexibility index (Phi) is 7.09. The highest BCUT2D eigenvalue weighted by atomic mass is 16.3. The average Bonchev–Trinajstić information content (AvgIpc) is 3.21. The fourth-order valence-corrected chi connectivity index (χ4v) is 3.81. The fourth-order valence-electron chi connectivity index (χ4n) is 3.81. The summed E-state index contributed by atoms with van der Waals surface area (Å²) in [6.07, 6.45) is 7.78. The summed E-state index contributed by atoms with van der Waals surface area (Å²) in [4.78, 5) is 4.80. The van der Waals surface area contributed by atoms with Crippen molar-refractivity contribution in [3.8, 4) is 0 Å². The molecular weight excluding hydrogens is 350 g/mol. The first-order valence-corrected chi connectivity index (χ1v) is 10.4. The van der Waals surface area contributed by atoms with E-state index in [2.05, 4.69) is 53.8 Å². The molecule has 3 rings (SSSR count). The van der Waals surface area contributed by atoms with Crippen molar-refractivity contribution in [3.63, 3.8) is 0 Å². The minimum atomic E-state index is -0.244. The highest BCUT2D eigenvalue weighted by Gasteiger charge is 2.35. The molecule has 1 fully saturated rings. The van der Waals surface area contributed by atoms with Gasteiger partial charge >= 0.3 is 0 Å². The van der Waals surface area contributed by atoms with Crippen LogP contribution in [-0.2, 0) is 13.1 Å². The number of hydrogen-bond donors (Lipinski definition) is 3. The summed E-state index contributed by atoms with van der Waals surface area (Å²) in [6.45, 7) is 7.13. The molecule has 3 N–H and O–H groups in total. The highest BCUT2D eigenvalue weighted by molar-refractivity contribution is 5.79. The molecule has 0 saturated heterocycles. The molecule has 1 aromatic carbocycles. The Morgan fingerprint density at radius 1 is 1.25 bits per heavy atom. The number of rotatable bonds is 7. The van der Waals surface area contributed by atoms with E-state index in [0.717, 1.165) is 44.9 Å². The standard InChI is InChI=1S/C22H33N5O/c1-3-23-21(25-17-22(2)12-7-6-11-20(22)28)24-15-18-9-4-5-10-19(18)16-27-14-8-13-26-27/h4-5,8-10,13-14,20,28H,3,6-7,11-12,15-17H2,1-2H3,(H2,23,24,25). The quantitative estimate of drug-likeness (QED) is 0.508. The number of nitrogens with zero attached hydrogens (tertiary/aromatic N) is 3. The molecule has 0 bridgehead atoms. The third-order valence-electron chi connectivity index (χ3n) is 5.70. The van der Waals surface area contributed by atoms with Crippen molar-refractivity contribution in [3.05, 3.63) is 53.9 Å². The average molecular weight is 384 g/mol. The SMILES string of the molecule is CCNC(=NCc1ccccc1Cn1cccn1)NCC1(C)CCCCC1O. The summed E-state index contributed by atoms with van der Waals surface area (Å²) in [5, 5.41) is 21.5. The van der Waals surface area contributed by atoms with Crippen molar-refractivity contribution in [2.45, 2.75) is 58.7 Å². The van der Waals surface area contributed by atoms with Gasteiger partial charge in [0.05, 0.1) is 19.2 Å². The zero-order valence-electron chi connectivity index (χ0n) is 17.1. The van der Waals surface area contributed by atoms with Crippen LogP contribution in [0.15, 0.2) is 47.7 Å². The topological polar surface area (TPSA) is 74.5 Å². The Morgan fingerprint density at radius 3 is 2.79 bits per heavy atom. The molecule has 28 heavy (non-hydrogen) atoms. The van der Waals surface area contributed by atoms with E-state index < -0.39 is 0 Å². The van der Waals surface area contributed by atoms with E-state index in [0.29, 0.717) is 6.54 Å². The van der Waals surface area contributed by atoms with Gasteiger partial charge in [0.1, 0.15) is 0 Å². The van der Waals surface area contributed by atoms with E-state index >= 15 is 0 Å². The van der Waals surface area contributed by atoms with E-state index in [1.807, 2.05) is 16.9 Å². The molecule has 2 unspecified atom stereocenters. The monoisotopic (exact) mass is 383 g/mol. The smallest absolute Gasteiger partial charge is 0.191 e. The second-order valence-electron chi connectivity index (χ2n) is 7.94. The lowest BCUT2D eigenvalue weighted by Crippen LogP contribution is -2.48. The number of aliphatic hydroxyl groups excluding tert-OH is 1. The van der Waals surface area contributed by atoms with Crippen LogP contribution < -0.4 is 10.6 Å². The van der Waals surface area contributed by atoms with Crippen LogP contribution in [0.25, 0.3) is 0 Å². The van der Waals surface area contributed by atoms with Crippen LogP contribution >= 0.6 is 0 Å². The van der Waals surface area contributed by atoms with Crippen LogP contribution in [0.2, 0.25) is 0 Å². The van der Waals surface area contributed by atoms with Gasteiger partial charge in [-0.1, -0.05) is 44.0 Å². The van der Waals surface area contributed by atoms with E-state index in [1.54, 1.807) is 6.20 Å². The first-order chi connectivity index (χ1) is 13.6. The maximum absolute atomic E-state index is 10.4. The van der Waals surface area contributed by atoms with Crippen molar-refractivity contribution in [2.24, 2.45) is 10.4 Å². The molecule has 152 valence electrons. The number of hydrogen-bond acceptors (Lipinski definition) is 3. The second kappa shape index (κ2) is 9.73. The number of aliphatic imine (C=N–C) groups is 1. The van der Waals surface area contributed by atoms with Crippen LogP contribution in [0.3, 0.4) is 0 Å². The van der Waals surface area contributed by atoms with Crippen LogP contribution in [-0.4, -0.2) is 40.0 Å². The van der Waals surface area contributed by atoms with Gasteiger partial charge in [-0.3, -0.25) is 4.68 Å². The lowest BCUT2D eigenvalue weighted by molar-refractivity contribution is 0.00397. The van der Waals surface area contributed by atoms with Crippen LogP contribution in [0.5, 0.6) is 0 Å². The number of nitrogens with one attached hydrogen (secondary N) is 2. The molecule has 6 nitrogen and oxygen atoms in total. The van der Waals surface area contributed by atoms with Gasteiger partial charge in [-0.2, -0.15) is 5.10 Å². The molecular formula is C22H33N5O. The molecule has 2 aromatic rings. The van der Waals surface area contributed by atoms with Crippen molar-refractivity contribution in [1.82, 2.24) is 20.4 Å². The molecule has 1 aromatic heterocycles. The molecule has 6 heteroatoms. The summed E-state index contributed by atoms with van der Waals surface area (Å²) < 4.78 is 1.93. The lowest BCUT2D eigenvalue weighted by atomic mass is 9.73. The summed E-state index contributed by atoms with van der Waals surface area (Å²) in [7, 11) is 0. The Hall–Kier alpha value is -2.34. The van der Waals surface area contributed by atoms with Crippen molar-refractivity contribution >= 4 is 5.96 Å². The van der Waals surface area contributed by atoms with Gasteiger partial charge in [-0.25, -0.2) is 4.99 Å². The number of benzene rings is 1. The predicted octanol–water partition coefficient (Wildman–Crippen LogP) is 2.93. The summed E-state index contributed by atoms with van der Waals surface area (Å²) in [5.41, 5.74) is 2.33. The van der Waals surface area contributed by atoms with E-state index in [4.69, 9.17) is 4.99 Å². The van der Waals surface area contributed by atoms with Gasteiger partial charge in [0, 0.05) is 30.9 Å². The van der Waals surface area contributed by atoms with E-state index in [1.165, 1.54) is 17.5 Å². The minimum absolute atomic E-state index is 0.0908. The Balaban J connectivity index is 1.66. The predicted molar refractivity (Wildman–Crippen MR) is 113 cm³/mol. The van der Waals surface area contributed by atoms with Gasteiger partial charge in [0.2, 0.25) is 0 Å². The van der Waals surface area contributed by atoms with Gasteiger partial charge in [-0.15, -0.1) is 0 Å². The van der Waals surface area contributed by atoms with Gasteiger partial charge in [-0.05, 0) is 37.0 Å². The molecule has 0 aliphatic heterocycles. The first-order valence-electron chi connectivity index (χ1n) is 10.4. The normalized spacial score (nSPS) is 22.8. The molecule has 1 aliphatic carbocycles. The van der Waals surface area contributed by atoms with Crippen LogP contribution in [0.4, 0.5) is 0 Å². The Labute approximate surface area is 168 Å². The van der Waals surface area contributed by atoms with Crippen molar-refractivity contribution in [2.75, 3.05) is 13.1 Å². The third-order valence-corrected chi connectivity index (χ3v) is 5.70. The zero-order chi connectivity index (χ0) is 19.8. The Morgan fingerprint density at radius 2 is 2.07 bits per heavy atom. The summed E-state index contributed by atoms with van der Waals surface area (Å²) in [6, 6.07) is 10.3.